The maximum Gasteiger partial charge on any atom is 0.306 e. The number of hydrogen-bond donors (Lipinski definition) is 4. The molecule has 314 valence electrons. The highest BCUT2D eigenvalue weighted by Crippen LogP contribution is 2.24. The van der Waals surface area contributed by atoms with Gasteiger partial charge < -0.3 is 34.3 Å². The maximum absolute atomic E-state index is 12.8. The molecule has 6 atom stereocenters. The number of ether oxygens (including phenoxy) is 4. The molecule has 0 aromatic heterocycles. The van der Waals surface area contributed by atoms with Crippen LogP contribution in [0.5, 0.6) is 0 Å². The Labute approximate surface area is 325 Å². The number of carbonyl (C=O) groups is 2. The number of aliphatic hydroxyl groups excluding tert-OH is 3. The number of rotatable bonds is 33. The van der Waals surface area contributed by atoms with Gasteiger partial charge in [-0.2, -0.15) is 8.42 Å². The van der Waals surface area contributed by atoms with Gasteiger partial charge in [0.25, 0.3) is 10.1 Å². The summed E-state index contributed by atoms with van der Waals surface area (Å²) in [5.41, 5.74) is 0. The highest BCUT2D eigenvalue weighted by atomic mass is 32.2. The Hall–Kier alpha value is -2.13. The van der Waals surface area contributed by atoms with Crippen LogP contribution in [-0.2, 0) is 38.7 Å². The molecule has 0 aromatic rings. The molecule has 1 aliphatic heterocycles. The Bertz CT molecular complexity index is 1150. The van der Waals surface area contributed by atoms with Crippen molar-refractivity contribution in [3.63, 3.8) is 0 Å². The molecule has 1 fully saturated rings. The van der Waals surface area contributed by atoms with Crippen LogP contribution in [0.2, 0.25) is 0 Å². The molecule has 13 heteroatoms. The topological polar surface area (TPSA) is 186 Å². The minimum atomic E-state index is -4.60. The van der Waals surface area contributed by atoms with E-state index in [1.807, 2.05) is 0 Å². The molecule has 0 bridgehead atoms. The van der Waals surface area contributed by atoms with E-state index in [2.05, 4.69) is 50.3 Å². The first kappa shape index (κ1) is 49.9. The number of hydrogen-bond acceptors (Lipinski definition) is 11. The molecule has 1 aliphatic rings. The first-order valence-corrected chi connectivity index (χ1v) is 22.2. The standard InChI is InChI=1S/C41H72O12S/c1-3-5-7-9-11-13-14-15-16-17-18-19-20-22-24-26-28-30-37(43)52-34(31-50-36(42)29-27-25-23-21-12-10-8-6-4-2)32-51-41-40(46)39(45)38(44)35(53-41)33-54(47,48)49/h5,7,11,13,15-16,34-35,38-41,44-46H,3-4,6,8-10,12,14,17-33H2,1-2H3,(H,47,48,49)/b7-5-,13-11-,16-15-. The average Bonchev–Trinajstić information content (AvgIpc) is 3.13. The number of esters is 2. The SMILES string of the molecule is CC/C=C\C/C=C\C/C=C\CCCCCCCCCC(=O)OC(COC(=O)CCCCCCCCCCC)COC1OC(CS(=O)(=O)O)C(O)C(O)C1O. The lowest BCUT2D eigenvalue weighted by molar-refractivity contribution is -0.297. The summed E-state index contributed by atoms with van der Waals surface area (Å²) in [7, 11) is -4.60. The van der Waals surface area contributed by atoms with Crippen LogP contribution >= 0.6 is 0 Å². The molecule has 4 N–H and O–H groups in total. The second kappa shape index (κ2) is 32.0. The quantitative estimate of drug-likeness (QED) is 0.0223. The molecule has 0 radical (unpaired) electrons. The zero-order valence-electron chi connectivity index (χ0n) is 33.1. The minimum Gasteiger partial charge on any atom is -0.462 e. The van der Waals surface area contributed by atoms with Crippen molar-refractivity contribution in [1.82, 2.24) is 0 Å². The van der Waals surface area contributed by atoms with Gasteiger partial charge in [-0.3, -0.25) is 14.1 Å². The van der Waals surface area contributed by atoms with Gasteiger partial charge in [0.15, 0.2) is 12.4 Å². The highest BCUT2D eigenvalue weighted by Gasteiger charge is 2.46. The predicted molar refractivity (Wildman–Crippen MR) is 210 cm³/mol. The number of unbranched alkanes of at least 4 members (excludes halogenated alkanes) is 15. The van der Waals surface area contributed by atoms with Gasteiger partial charge in [-0.25, -0.2) is 0 Å². The Morgan fingerprint density at radius 1 is 0.648 bits per heavy atom. The average molecular weight is 789 g/mol. The zero-order chi connectivity index (χ0) is 39.9. The van der Waals surface area contributed by atoms with Gasteiger partial charge >= 0.3 is 11.9 Å². The first-order chi connectivity index (χ1) is 26.0. The van der Waals surface area contributed by atoms with E-state index in [1.54, 1.807) is 0 Å². The summed E-state index contributed by atoms with van der Waals surface area (Å²) in [4.78, 5) is 25.2. The molecule has 1 saturated heterocycles. The molecule has 12 nitrogen and oxygen atoms in total. The van der Waals surface area contributed by atoms with E-state index in [9.17, 15) is 37.9 Å². The second-order valence-electron chi connectivity index (χ2n) is 14.3. The summed E-state index contributed by atoms with van der Waals surface area (Å²) in [6, 6.07) is 0. The second-order valence-corrected chi connectivity index (χ2v) is 15.8. The summed E-state index contributed by atoms with van der Waals surface area (Å²) < 4.78 is 53.8. The van der Waals surface area contributed by atoms with E-state index in [-0.39, 0.29) is 19.4 Å². The smallest absolute Gasteiger partial charge is 0.306 e. The minimum absolute atomic E-state index is 0.154. The van der Waals surface area contributed by atoms with Crippen molar-refractivity contribution in [2.75, 3.05) is 19.0 Å². The third-order valence-electron chi connectivity index (χ3n) is 9.23. The molecular formula is C41H72O12S. The lowest BCUT2D eigenvalue weighted by atomic mass is 10.00. The van der Waals surface area contributed by atoms with E-state index >= 15 is 0 Å². The van der Waals surface area contributed by atoms with Crippen LogP contribution in [0.25, 0.3) is 0 Å². The third kappa shape index (κ3) is 26.6. The molecule has 1 heterocycles. The van der Waals surface area contributed by atoms with Gasteiger partial charge in [0.05, 0.1) is 6.61 Å². The fourth-order valence-electron chi connectivity index (χ4n) is 6.04. The van der Waals surface area contributed by atoms with Crippen LogP contribution in [0, 0.1) is 0 Å². The fourth-order valence-corrected chi connectivity index (χ4v) is 6.73. The highest BCUT2D eigenvalue weighted by molar-refractivity contribution is 7.85. The van der Waals surface area contributed by atoms with Crippen molar-refractivity contribution in [2.45, 2.75) is 192 Å². The predicted octanol–water partition coefficient (Wildman–Crippen LogP) is 7.44. The van der Waals surface area contributed by atoms with Crippen molar-refractivity contribution in [1.29, 1.82) is 0 Å². The van der Waals surface area contributed by atoms with Crippen molar-refractivity contribution >= 4 is 22.1 Å². The molecule has 54 heavy (non-hydrogen) atoms. The molecule has 0 amide bonds. The lowest BCUT2D eigenvalue weighted by Gasteiger charge is -2.40. The van der Waals surface area contributed by atoms with Crippen LogP contribution in [0.4, 0.5) is 0 Å². The fraction of sp³-hybridized carbons (Fsp3) is 0.805. The van der Waals surface area contributed by atoms with Crippen molar-refractivity contribution in [3.8, 4) is 0 Å². The van der Waals surface area contributed by atoms with Crippen LogP contribution in [0.1, 0.15) is 155 Å². The van der Waals surface area contributed by atoms with Crippen LogP contribution in [-0.4, -0.2) is 96.0 Å². The zero-order valence-corrected chi connectivity index (χ0v) is 33.9. The van der Waals surface area contributed by atoms with Gasteiger partial charge in [0.1, 0.15) is 36.8 Å². The number of carbonyl (C=O) groups excluding carboxylic acids is 2. The summed E-state index contributed by atoms with van der Waals surface area (Å²) in [5, 5.41) is 30.8. The van der Waals surface area contributed by atoms with Gasteiger partial charge in [0, 0.05) is 12.8 Å². The Morgan fingerprint density at radius 2 is 1.17 bits per heavy atom. The van der Waals surface area contributed by atoms with Gasteiger partial charge in [-0.15, -0.1) is 0 Å². The van der Waals surface area contributed by atoms with Gasteiger partial charge in [-0.1, -0.05) is 134 Å². The van der Waals surface area contributed by atoms with E-state index < -0.39 is 71.2 Å². The maximum atomic E-state index is 12.8. The van der Waals surface area contributed by atoms with E-state index in [1.165, 1.54) is 32.1 Å². The molecule has 0 aliphatic carbocycles. The van der Waals surface area contributed by atoms with Crippen LogP contribution < -0.4 is 0 Å². The van der Waals surface area contributed by atoms with Gasteiger partial charge in [-0.05, 0) is 44.9 Å². The first-order valence-electron chi connectivity index (χ1n) is 20.5. The van der Waals surface area contributed by atoms with Crippen LogP contribution in [0.15, 0.2) is 36.5 Å². The molecule has 6 unspecified atom stereocenters. The third-order valence-corrected chi connectivity index (χ3v) is 9.98. The Balaban J connectivity index is 2.48. The molecule has 0 saturated carbocycles. The summed E-state index contributed by atoms with van der Waals surface area (Å²) in [6.45, 7) is 3.59. The van der Waals surface area contributed by atoms with E-state index in [0.29, 0.717) is 12.8 Å². The Morgan fingerprint density at radius 3 is 1.74 bits per heavy atom. The molecule has 0 aromatic carbocycles. The van der Waals surface area contributed by atoms with Gasteiger partial charge in [0.2, 0.25) is 0 Å². The number of allylic oxidation sites excluding steroid dienone is 6. The summed E-state index contributed by atoms with van der Waals surface area (Å²) in [6.07, 6.45) is 24.9. The van der Waals surface area contributed by atoms with E-state index in [0.717, 1.165) is 83.5 Å². The normalized spacial score (nSPS) is 21.3. The molecule has 1 rings (SSSR count). The molecular weight excluding hydrogens is 717 g/mol. The molecule has 0 spiro atoms. The largest absolute Gasteiger partial charge is 0.462 e. The summed E-state index contributed by atoms with van der Waals surface area (Å²) >= 11 is 0. The summed E-state index contributed by atoms with van der Waals surface area (Å²) in [5.74, 6) is -2.00. The monoisotopic (exact) mass is 788 g/mol. The van der Waals surface area contributed by atoms with Crippen molar-refractivity contribution in [2.24, 2.45) is 0 Å². The Kier molecular flexibility index (Phi) is 29.6. The van der Waals surface area contributed by atoms with Crippen molar-refractivity contribution in [3.05, 3.63) is 36.5 Å². The van der Waals surface area contributed by atoms with E-state index in [4.69, 9.17) is 18.9 Å². The lowest BCUT2D eigenvalue weighted by Crippen LogP contribution is -2.60. The van der Waals surface area contributed by atoms with Crippen molar-refractivity contribution < 1.29 is 56.8 Å². The number of aliphatic hydroxyl groups is 3. The van der Waals surface area contributed by atoms with Crippen LogP contribution in [0.3, 0.4) is 0 Å².